The van der Waals surface area contributed by atoms with E-state index < -0.39 is 29.3 Å². The minimum Gasteiger partial charge on any atom is -0.506 e. The van der Waals surface area contributed by atoms with Gasteiger partial charge in [0.1, 0.15) is 16.3 Å². The van der Waals surface area contributed by atoms with Crippen LogP contribution in [0.15, 0.2) is 10.5 Å². The van der Waals surface area contributed by atoms with E-state index in [1.54, 1.807) is 0 Å². The summed E-state index contributed by atoms with van der Waals surface area (Å²) in [5.74, 6) is -3.87. The molecule has 0 radical (unpaired) electrons. The van der Waals surface area contributed by atoms with E-state index >= 15 is 0 Å². The van der Waals surface area contributed by atoms with Gasteiger partial charge in [-0.05, 0) is 22.0 Å². The van der Waals surface area contributed by atoms with E-state index in [-0.39, 0.29) is 10.0 Å². The number of carboxylic acid groups (broad SMARTS) is 1. The second-order valence-corrected chi connectivity index (χ2v) is 3.57. The second-order valence-electron chi connectivity index (χ2n) is 2.77. The average molecular weight is 280 g/mol. The lowest BCUT2D eigenvalue weighted by Crippen LogP contribution is -2.21. The van der Waals surface area contributed by atoms with Crippen molar-refractivity contribution >= 4 is 21.9 Å². The van der Waals surface area contributed by atoms with Gasteiger partial charge in [-0.3, -0.25) is 4.79 Å². The third kappa shape index (κ3) is 2.02. The highest BCUT2D eigenvalue weighted by Gasteiger charge is 2.23. The minimum atomic E-state index is -1.56. The number of phenolic OH excluding ortho intramolecular Hbond substituents is 2. The number of aliphatic carboxylic acids is 1. The van der Waals surface area contributed by atoms with Crippen molar-refractivity contribution in [2.45, 2.75) is 6.04 Å². The zero-order valence-electron chi connectivity index (χ0n) is 7.24. The first kappa shape index (κ1) is 11.7. The average Bonchev–Trinajstić information content (AvgIpc) is 2.19. The summed E-state index contributed by atoms with van der Waals surface area (Å²) < 4.78 is 12.7. The Labute approximate surface area is 92.1 Å². The molecule has 0 aliphatic heterocycles. The molecule has 0 amide bonds. The largest absolute Gasteiger partial charge is 0.506 e. The van der Waals surface area contributed by atoms with Gasteiger partial charge in [-0.1, -0.05) is 0 Å². The number of nitrogens with two attached hydrogens (primary N) is 1. The molecule has 0 aliphatic carbocycles. The molecule has 15 heavy (non-hydrogen) atoms. The Morgan fingerprint density at radius 3 is 2.47 bits per heavy atom. The van der Waals surface area contributed by atoms with Gasteiger partial charge >= 0.3 is 5.97 Å². The van der Waals surface area contributed by atoms with Gasteiger partial charge in [0.25, 0.3) is 0 Å². The molecule has 0 bridgehead atoms. The maximum Gasteiger partial charge on any atom is 0.325 e. The Morgan fingerprint density at radius 1 is 1.47 bits per heavy atom. The molecule has 1 unspecified atom stereocenters. The first-order chi connectivity index (χ1) is 6.86. The molecule has 5 N–H and O–H groups in total. The Bertz CT molecular complexity index is 424. The molecule has 0 saturated heterocycles. The van der Waals surface area contributed by atoms with Gasteiger partial charge in [0, 0.05) is 5.56 Å². The quantitative estimate of drug-likeness (QED) is 0.649. The monoisotopic (exact) mass is 279 g/mol. The Kier molecular flexibility index (Phi) is 3.15. The van der Waals surface area contributed by atoms with Crippen molar-refractivity contribution in [3.63, 3.8) is 0 Å². The Balaban J connectivity index is 3.38. The van der Waals surface area contributed by atoms with E-state index in [2.05, 4.69) is 15.9 Å². The molecule has 0 spiro atoms. The van der Waals surface area contributed by atoms with Gasteiger partial charge in [-0.2, -0.15) is 0 Å². The fourth-order valence-electron chi connectivity index (χ4n) is 0.987. The van der Waals surface area contributed by atoms with Gasteiger partial charge in [0.05, 0.1) is 0 Å². The smallest absolute Gasteiger partial charge is 0.325 e. The molecule has 0 fully saturated rings. The molecule has 7 heteroatoms. The summed E-state index contributed by atoms with van der Waals surface area (Å²) in [5, 5.41) is 27.0. The number of aromatic hydroxyl groups is 2. The van der Waals surface area contributed by atoms with Crippen LogP contribution in [-0.2, 0) is 4.79 Å². The van der Waals surface area contributed by atoms with Crippen LogP contribution in [0.5, 0.6) is 11.5 Å². The minimum absolute atomic E-state index is 0.315. The van der Waals surface area contributed by atoms with Crippen molar-refractivity contribution in [1.29, 1.82) is 0 Å². The normalized spacial score (nSPS) is 12.5. The number of carbonyl (C=O) groups is 1. The highest BCUT2D eigenvalue weighted by Crippen LogP contribution is 2.39. The van der Waals surface area contributed by atoms with Crippen LogP contribution in [0, 0.1) is 5.82 Å². The van der Waals surface area contributed by atoms with E-state index in [0.717, 1.165) is 0 Å². The molecule has 0 heterocycles. The second kappa shape index (κ2) is 4.03. The number of phenols is 2. The maximum atomic E-state index is 13.0. The van der Waals surface area contributed by atoms with Crippen LogP contribution in [0.1, 0.15) is 11.6 Å². The summed E-state index contributed by atoms with van der Waals surface area (Å²) in [5.41, 5.74) is 4.88. The van der Waals surface area contributed by atoms with Crippen LogP contribution in [0.4, 0.5) is 4.39 Å². The third-order valence-electron chi connectivity index (χ3n) is 1.80. The predicted molar refractivity (Wildman–Crippen MR) is 52.0 cm³/mol. The Hall–Kier alpha value is -1.34. The van der Waals surface area contributed by atoms with Crippen LogP contribution < -0.4 is 5.73 Å². The molecule has 0 aliphatic rings. The zero-order valence-corrected chi connectivity index (χ0v) is 8.82. The number of hydrogen-bond donors (Lipinski definition) is 4. The molecule has 0 aromatic heterocycles. The summed E-state index contributed by atoms with van der Waals surface area (Å²) >= 11 is 2.71. The molecule has 1 atom stereocenters. The molecule has 1 aromatic rings. The fourth-order valence-corrected chi connectivity index (χ4v) is 1.41. The van der Waals surface area contributed by atoms with E-state index in [1.807, 2.05) is 0 Å². The van der Waals surface area contributed by atoms with E-state index in [9.17, 15) is 14.3 Å². The summed E-state index contributed by atoms with van der Waals surface area (Å²) in [7, 11) is 0. The first-order valence-electron chi connectivity index (χ1n) is 3.74. The lowest BCUT2D eigenvalue weighted by molar-refractivity contribution is -0.138. The maximum absolute atomic E-state index is 13.0. The molecular formula is C8H7BrFNO4. The van der Waals surface area contributed by atoms with Crippen LogP contribution >= 0.6 is 15.9 Å². The van der Waals surface area contributed by atoms with Crippen molar-refractivity contribution in [2.75, 3.05) is 0 Å². The number of benzene rings is 1. The number of halogens is 2. The Morgan fingerprint density at radius 2 is 2.00 bits per heavy atom. The molecule has 5 nitrogen and oxygen atoms in total. The number of carboxylic acids is 1. The van der Waals surface area contributed by atoms with Crippen molar-refractivity contribution in [3.05, 3.63) is 21.9 Å². The zero-order chi connectivity index (χ0) is 11.7. The van der Waals surface area contributed by atoms with Crippen LogP contribution in [-0.4, -0.2) is 21.3 Å². The van der Waals surface area contributed by atoms with Crippen LogP contribution in [0.2, 0.25) is 0 Å². The summed E-state index contributed by atoms with van der Waals surface area (Å²) in [6, 6.07) is -0.884. The highest BCUT2D eigenvalue weighted by molar-refractivity contribution is 9.10. The highest BCUT2D eigenvalue weighted by atomic mass is 79.9. The fraction of sp³-hybridized carbons (Fsp3) is 0.125. The van der Waals surface area contributed by atoms with Gasteiger partial charge in [-0.25, -0.2) is 4.39 Å². The number of hydrogen-bond acceptors (Lipinski definition) is 4. The summed E-state index contributed by atoms with van der Waals surface area (Å²) in [4.78, 5) is 10.5. The van der Waals surface area contributed by atoms with Crippen molar-refractivity contribution < 1.29 is 24.5 Å². The molecule has 82 valence electrons. The van der Waals surface area contributed by atoms with Gasteiger partial charge in [-0.15, -0.1) is 0 Å². The first-order valence-corrected chi connectivity index (χ1v) is 4.53. The standard InChI is InChI=1S/C8H7BrFNO4/c9-4-6(12)2(5(11)8(14)15)1-3(10)7(4)13/h1,5,12-13H,11H2,(H,14,15). The van der Waals surface area contributed by atoms with E-state index in [1.165, 1.54) is 0 Å². The van der Waals surface area contributed by atoms with Crippen LogP contribution in [0.25, 0.3) is 0 Å². The third-order valence-corrected chi connectivity index (χ3v) is 2.55. The lowest BCUT2D eigenvalue weighted by atomic mass is 10.1. The van der Waals surface area contributed by atoms with E-state index in [4.69, 9.17) is 15.9 Å². The molecule has 1 aromatic carbocycles. The molecule has 1 rings (SSSR count). The molecule has 0 saturated carbocycles. The number of rotatable bonds is 2. The summed E-state index contributed by atoms with van der Waals surface area (Å²) in [6.07, 6.45) is 0. The topological polar surface area (TPSA) is 104 Å². The van der Waals surface area contributed by atoms with Gasteiger partial charge in [0.15, 0.2) is 11.6 Å². The lowest BCUT2D eigenvalue weighted by Gasteiger charge is -2.11. The van der Waals surface area contributed by atoms with Crippen molar-refractivity contribution in [3.8, 4) is 11.5 Å². The van der Waals surface area contributed by atoms with Crippen LogP contribution in [0.3, 0.4) is 0 Å². The van der Waals surface area contributed by atoms with Crippen molar-refractivity contribution in [1.82, 2.24) is 0 Å². The SMILES string of the molecule is NC(C(=O)O)c1cc(F)c(O)c(Br)c1O. The van der Waals surface area contributed by atoms with Gasteiger partial charge < -0.3 is 21.1 Å². The van der Waals surface area contributed by atoms with Crippen molar-refractivity contribution in [2.24, 2.45) is 5.73 Å². The molecular weight excluding hydrogens is 273 g/mol. The van der Waals surface area contributed by atoms with E-state index in [0.29, 0.717) is 6.07 Å². The predicted octanol–water partition coefficient (Wildman–Crippen LogP) is 1.08. The summed E-state index contributed by atoms with van der Waals surface area (Å²) in [6.45, 7) is 0. The van der Waals surface area contributed by atoms with Gasteiger partial charge in [0.2, 0.25) is 0 Å².